The number of para-hydroxylation sites is 2. The Morgan fingerprint density at radius 2 is 2.00 bits per heavy atom. The molecule has 0 bridgehead atoms. The van der Waals surface area contributed by atoms with Crippen LogP contribution in [0.1, 0.15) is 11.4 Å². The molecule has 11 heteroatoms. The maximum Gasteiger partial charge on any atom is 0.449 e. The minimum Gasteiger partial charge on any atom is -0.326 e. The molecule has 1 aliphatic rings. The Hall–Kier alpha value is -3.73. The summed E-state index contributed by atoms with van der Waals surface area (Å²) in [5.41, 5.74) is 3.37. The van der Waals surface area contributed by atoms with Gasteiger partial charge in [0.05, 0.1) is 23.1 Å². The van der Waals surface area contributed by atoms with Gasteiger partial charge >= 0.3 is 6.18 Å². The van der Waals surface area contributed by atoms with Crippen LogP contribution in [0.2, 0.25) is 0 Å². The lowest BCUT2D eigenvalue weighted by atomic mass is 10.1. The lowest BCUT2D eigenvalue weighted by Crippen LogP contribution is -2.23. The second-order valence-corrected chi connectivity index (χ2v) is 8.05. The van der Waals surface area contributed by atoms with Gasteiger partial charge in [0.1, 0.15) is 6.54 Å². The molecule has 0 fully saturated rings. The van der Waals surface area contributed by atoms with Crippen LogP contribution in [0.25, 0.3) is 22.3 Å². The van der Waals surface area contributed by atoms with E-state index in [-0.39, 0.29) is 28.5 Å². The van der Waals surface area contributed by atoms with Crippen molar-refractivity contribution in [2.24, 2.45) is 0 Å². The smallest absolute Gasteiger partial charge is 0.326 e. The zero-order valence-electron chi connectivity index (χ0n) is 16.2. The Bertz CT molecular complexity index is 1380. The minimum absolute atomic E-state index is 0.0753. The number of fused-ring (bicyclic) bond motifs is 2. The van der Waals surface area contributed by atoms with Gasteiger partial charge < -0.3 is 15.2 Å². The molecule has 2 aromatic heterocycles. The molecule has 7 nitrogen and oxygen atoms in total. The van der Waals surface area contributed by atoms with E-state index in [1.165, 1.54) is 12.1 Å². The average Bonchev–Trinajstić information content (AvgIpc) is 3.43. The first-order valence-electron chi connectivity index (χ1n) is 9.49. The first-order chi connectivity index (χ1) is 15.3. The number of rotatable bonds is 4. The third-order valence-electron chi connectivity index (χ3n) is 4.99. The third kappa shape index (κ3) is 3.71. The quantitative estimate of drug-likeness (QED) is 0.478. The molecule has 0 aliphatic carbocycles. The molecule has 4 aromatic rings. The zero-order valence-corrected chi connectivity index (χ0v) is 17.0. The highest BCUT2D eigenvalue weighted by molar-refractivity contribution is 7.14. The van der Waals surface area contributed by atoms with Crippen LogP contribution in [0.15, 0.2) is 47.8 Å². The van der Waals surface area contributed by atoms with Gasteiger partial charge in [-0.05, 0) is 29.8 Å². The van der Waals surface area contributed by atoms with Gasteiger partial charge in [-0.15, -0.1) is 11.3 Å². The summed E-state index contributed by atoms with van der Waals surface area (Å²) >= 11 is 1.16. The number of anilines is 2. The number of carbonyl (C=O) groups excluding carboxylic acids is 2. The average molecular weight is 457 g/mol. The van der Waals surface area contributed by atoms with Crippen LogP contribution in [-0.2, 0) is 28.7 Å². The molecule has 32 heavy (non-hydrogen) atoms. The normalized spacial score (nSPS) is 13.3. The van der Waals surface area contributed by atoms with Gasteiger partial charge in [-0.3, -0.25) is 9.59 Å². The largest absolute Gasteiger partial charge is 0.449 e. The molecule has 0 atom stereocenters. The van der Waals surface area contributed by atoms with Crippen molar-refractivity contribution < 1.29 is 22.8 Å². The molecule has 2 amide bonds. The van der Waals surface area contributed by atoms with E-state index >= 15 is 0 Å². The van der Waals surface area contributed by atoms with Crippen molar-refractivity contribution in [3.05, 3.63) is 59.2 Å². The third-order valence-corrected chi connectivity index (χ3v) is 5.74. The van der Waals surface area contributed by atoms with Crippen LogP contribution in [0.3, 0.4) is 0 Å². The first-order valence-corrected chi connectivity index (χ1v) is 10.4. The molecular formula is C21H14F3N5O2S. The number of nitrogens with one attached hydrogen (secondary N) is 2. The summed E-state index contributed by atoms with van der Waals surface area (Å²) in [4.78, 5) is 32.1. The molecule has 2 aromatic carbocycles. The fourth-order valence-corrected chi connectivity index (χ4v) is 4.34. The second kappa shape index (κ2) is 7.45. The molecule has 162 valence electrons. The van der Waals surface area contributed by atoms with Crippen molar-refractivity contribution in [2.45, 2.75) is 19.1 Å². The Morgan fingerprint density at radius 1 is 1.19 bits per heavy atom. The van der Waals surface area contributed by atoms with E-state index in [1.807, 2.05) is 6.07 Å². The Balaban J connectivity index is 1.36. The van der Waals surface area contributed by atoms with E-state index < -0.39 is 24.5 Å². The number of halogens is 3. The summed E-state index contributed by atoms with van der Waals surface area (Å²) < 4.78 is 41.1. The number of amides is 2. The lowest BCUT2D eigenvalue weighted by Gasteiger charge is -2.10. The Kier molecular flexibility index (Phi) is 4.70. The van der Waals surface area contributed by atoms with Crippen molar-refractivity contribution >= 4 is 45.0 Å². The van der Waals surface area contributed by atoms with Gasteiger partial charge in [-0.2, -0.15) is 13.2 Å². The predicted octanol–water partition coefficient (Wildman–Crippen LogP) is 4.31. The number of carbonyl (C=O) groups is 2. The second-order valence-electron chi connectivity index (χ2n) is 7.19. The van der Waals surface area contributed by atoms with E-state index in [0.29, 0.717) is 5.69 Å². The number of imidazole rings is 1. The van der Waals surface area contributed by atoms with Crippen LogP contribution in [0, 0.1) is 0 Å². The number of hydrogen-bond acceptors (Lipinski definition) is 5. The molecule has 2 N–H and O–H groups in total. The molecule has 0 saturated heterocycles. The molecular weight excluding hydrogens is 443 g/mol. The first kappa shape index (κ1) is 20.2. The standard InChI is InChI=1S/C21H14F3N5O2S/c22-21(23,24)19-26-14-3-1-2-4-16(14)29(19)9-18(31)28-20-27-15(10-32-20)11-5-6-13-12(7-11)8-17(30)25-13/h1-7,10H,8-9H2,(H,25,30)(H,27,28,31). The maximum atomic E-state index is 13.4. The molecule has 3 heterocycles. The summed E-state index contributed by atoms with van der Waals surface area (Å²) in [7, 11) is 0. The van der Waals surface area contributed by atoms with Gasteiger partial charge in [0.2, 0.25) is 17.6 Å². The monoisotopic (exact) mass is 457 g/mol. The van der Waals surface area contributed by atoms with Crippen molar-refractivity contribution in [3.8, 4) is 11.3 Å². The number of hydrogen-bond donors (Lipinski definition) is 2. The van der Waals surface area contributed by atoms with Crippen molar-refractivity contribution in [2.75, 3.05) is 10.6 Å². The highest BCUT2D eigenvalue weighted by atomic mass is 32.1. The predicted molar refractivity (Wildman–Crippen MR) is 113 cm³/mol. The van der Waals surface area contributed by atoms with Crippen molar-refractivity contribution in [1.82, 2.24) is 14.5 Å². The molecule has 0 spiro atoms. The SMILES string of the molecule is O=C(Cn1c(C(F)(F)F)nc2ccccc21)Nc1nc(-c2ccc3c(c2)CC(=O)N3)cs1. The van der Waals surface area contributed by atoms with Crippen LogP contribution in [0.5, 0.6) is 0 Å². The highest BCUT2D eigenvalue weighted by Crippen LogP contribution is 2.32. The van der Waals surface area contributed by atoms with Gasteiger partial charge in [-0.25, -0.2) is 9.97 Å². The fourth-order valence-electron chi connectivity index (χ4n) is 3.61. The molecule has 5 rings (SSSR count). The summed E-state index contributed by atoms with van der Waals surface area (Å²) in [5.74, 6) is -1.85. The van der Waals surface area contributed by atoms with Gasteiger partial charge in [0.25, 0.3) is 0 Å². The summed E-state index contributed by atoms with van der Waals surface area (Å²) in [6.45, 7) is -0.559. The lowest BCUT2D eigenvalue weighted by molar-refractivity contribution is -0.147. The molecule has 0 radical (unpaired) electrons. The van der Waals surface area contributed by atoms with E-state index in [4.69, 9.17) is 0 Å². The van der Waals surface area contributed by atoms with Gasteiger partial charge in [-0.1, -0.05) is 18.2 Å². The number of alkyl halides is 3. The van der Waals surface area contributed by atoms with E-state index in [0.717, 1.165) is 32.7 Å². The summed E-state index contributed by atoms with van der Waals surface area (Å²) in [6.07, 6.45) is -4.41. The van der Waals surface area contributed by atoms with Crippen LogP contribution < -0.4 is 10.6 Å². The maximum absolute atomic E-state index is 13.4. The van der Waals surface area contributed by atoms with Gasteiger partial charge in [0, 0.05) is 16.6 Å². The Labute approximate surface area is 182 Å². The summed E-state index contributed by atoms with van der Waals surface area (Å²) in [5, 5.41) is 7.31. The number of thiazole rings is 1. The highest BCUT2D eigenvalue weighted by Gasteiger charge is 2.38. The number of aromatic nitrogens is 3. The van der Waals surface area contributed by atoms with Crippen molar-refractivity contribution in [3.63, 3.8) is 0 Å². The van der Waals surface area contributed by atoms with Crippen LogP contribution in [0.4, 0.5) is 24.0 Å². The van der Waals surface area contributed by atoms with Gasteiger partial charge in [0.15, 0.2) is 5.13 Å². The fraction of sp³-hybridized carbons (Fsp3) is 0.143. The van der Waals surface area contributed by atoms with E-state index in [2.05, 4.69) is 20.6 Å². The molecule has 0 unspecified atom stereocenters. The number of benzene rings is 2. The Morgan fingerprint density at radius 3 is 2.81 bits per heavy atom. The number of nitrogens with zero attached hydrogens (tertiary/aromatic N) is 3. The van der Waals surface area contributed by atoms with E-state index in [1.54, 1.807) is 29.6 Å². The molecule has 1 aliphatic heterocycles. The van der Waals surface area contributed by atoms with Crippen molar-refractivity contribution in [1.29, 1.82) is 0 Å². The summed E-state index contributed by atoms with van der Waals surface area (Å²) in [6, 6.07) is 11.6. The van der Waals surface area contributed by atoms with Crippen LogP contribution >= 0.6 is 11.3 Å². The van der Waals surface area contributed by atoms with Crippen LogP contribution in [-0.4, -0.2) is 26.3 Å². The van der Waals surface area contributed by atoms with E-state index in [9.17, 15) is 22.8 Å². The molecule has 0 saturated carbocycles. The zero-order chi connectivity index (χ0) is 22.5. The minimum atomic E-state index is -4.70. The topological polar surface area (TPSA) is 88.9 Å².